The highest BCUT2D eigenvalue weighted by Gasteiger charge is 2.46. The van der Waals surface area contributed by atoms with Gasteiger partial charge in [0, 0.05) is 31.7 Å². The van der Waals surface area contributed by atoms with Crippen molar-refractivity contribution in [2.75, 3.05) is 38.7 Å². The Morgan fingerprint density at radius 2 is 2.03 bits per heavy atom. The van der Waals surface area contributed by atoms with Crippen molar-refractivity contribution in [3.05, 3.63) is 23.3 Å². The fraction of sp³-hybridized carbons (Fsp3) is 0.714. The van der Waals surface area contributed by atoms with Crippen molar-refractivity contribution in [1.82, 2.24) is 9.21 Å². The molecule has 2 N–H and O–H groups in total. The van der Waals surface area contributed by atoms with Crippen LogP contribution in [0.15, 0.2) is 12.1 Å². The second kappa shape index (κ2) is 7.41. The van der Waals surface area contributed by atoms with E-state index in [0.717, 1.165) is 50.3 Å². The average molecular weight is 422 g/mol. The van der Waals surface area contributed by atoms with Gasteiger partial charge >= 0.3 is 0 Å². The highest BCUT2D eigenvalue weighted by Crippen LogP contribution is 2.46. The third-order valence-corrected chi connectivity index (χ3v) is 9.32. The van der Waals surface area contributed by atoms with Crippen LogP contribution in [0.5, 0.6) is 11.5 Å². The van der Waals surface area contributed by atoms with Crippen LogP contribution in [0.2, 0.25) is 0 Å². The minimum atomic E-state index is -3.30. The molecule has 1 unspecified atom stereocenters. The predicted octanol–water partition coefficient (Wildman–Crippen LogP) is 1.72. The van der Waals surface area contributed by atoms with Gasteiger partial charge in [-0.05, 0) is 67.3 Å². The predicted molar refractivity (Wildman–Crippen MR) is 110 cm³/mol. The molecule has 4 heterocycles. The second-order valence-corrected chi connectivity index (χ2v) is 11.1. The van der Waals surface area contributed by atoms with Crippen LogP contribution in [-0.2, 0) is 16.4 Å². The summed E-state index contributed by atoms with van der Waals surface area (Å²) in [5.41, 5.74) is 8.32. The molecule has 1 aromatic rings. The van der Waals surface area contributed by atoms with Gasteiger partial charge in [0.05, 0.1) is 5.75 Å². The number of sulfonamides is 1. The van der Waals surface area contributed by atoms with Gasteiger partial charge in [0.1, 0.15) is 0 Å². The molecule has 0 radical (unpaired) electrons. The Bertz CT molecular complexity index is 890. The van der Waals surface area contributed by atoms with Crippen LogP contribution in [-0.4, -0.2) is 62.4 Å². The molecule has 4 atom stereocenters. The third kappa shape index (κ3) is 3.44. The van der Waals surface area contributed by atoms with E-state index in [1.165, 1.54) is 11.1 Å². The number of nitrogens with zero attached hydrogens (tertiary/aromatic N) is 2. The van der Waals surface area contributed by atoms with Crippen LogP contribution in [0.1, 0.15) is 43.4 Å². The Kier molecular flexibility index (Phi) is 5.01. The van der Waals surface area contributed by atoms with E-state index >= 15 is 0 Å². The zero-order valence-electron chi connectivity index (χ0n) is 17.0. The Hall–Kier alpha value is -1.35. The summed E-state index contributed by atoms with van der Waals surface area (Å²) in [7, 11) is -3.30. The zero-order valence-corrected chi connectivity index (χ0v) is 17.9. The first kappa shape index (κ1) is 19.6. The molecular formula is C21H31N3O4S. The highest BCUT2D eigenvalue weighted by molar-refractivity contribution is 7.89. The van der Waals surface area contributed by atoms with Gasteiger partial charge in [0.25, 0.3) is 0 Å². The first-order valence-electron chi connectivity index (χ1n) is 10.8. The molecule has 0 spiro atoms. The molecule has 0 amide bonds. The lowest BCUT2D eigenvalue weighted by molar-refractivity contribution is 0.0218. The lowest BCUT2D eigenvalue weighted by Crippen LogP contribution is -2.58. The van der Waals surface area contributed by atoms with Crippen molar-refractivity contribution in [1.29, 1.82) is 0 Å². The van der Waals surface area contributed by atoms with Gasteiger partial charge in [0.2, 0.25) is 16.8 Å². The standard InChI is InChI=1S/C21H31N3O4S/c1-14(10-22)12-29(25,26)24-5-2-3-16-11-23-6-4-15-7-20-21(28-13-27-20)8-17(15)19(23)9-18(16)24/h7-8,14,16,18-19H,2-6,9-13,22H2,1H3/t14?,16-,18+,19+/m1/s1. The summed E-state index contributed by atoms with van der Waals surface area (Å²) < 4.78 is 39.4. The fourth-order valence-corrected chi connectivity index (χ4v) is 7.79. The maximum absolute atomic E-state index is 13.2. The molecule has 8 heteroatoms. The summed E-state index contributed by atoms with van der Waals surface area (Å²) in [6.07, 6.45) is 3.93. The van der Waals surface area contributed by atoms with E-state index < -0.39 is 10.0 Å². The topological polar surface area (TPSA) is 85.1 Å². The van der Waals surface area contributed by atoms with Gasteiger partial charge in [-0.2, -0.15) is 4.31 Å². The molecule has 2 fully saturated rings. The van der Waals surface area contributed by atoms with Gasteiger partial charge in [-0.3, -0.25) is 4.90 Å². The summed E-state index contributed by atoms with van der Waals surface area (Å²) in [5.74, 6) is 2.20. The minimum absolute atomic E-state index is 0.0180. The van der Waals surface area contributed by atoms with Crippen LogP contribution < -0.4 is 15.2 Å². The van der Waals surface area contributed by atoms with Crippen LogP contribution >= 0.6 is 0 Å². The van der Waals surface area contributed by atoms with E-state index in [1.807, 2.05) is 11.2 Å². The molecule has 0 saturated carbocycles. The zero-order chi connectivity index (χ0) is 20.2. The van der Waals surface area contributed by atoms with Crippen molar-refractivity contribution in [2.24, 2.45) is 17.6 Å². The lowest BCUT2D eigenvalue weighted by atomic mass is 9.77. The molecule has 5 rings (SSSR count). The quantitative estimate of drug-likeness (QED) is 0.797. The van der Waals surface area contributed by atoms with E-state index in [4.69, 9.17) is 15.2 Å². The van der Waals surface area contributed by atoms with E-state index in [2.05, 4.69) is 17.0 Å². The summed E-state index contributed by atoms with van der Waals surface area (Å²) in [6, 6.07) is 4.58. The maximum Gasteiger partial charge on any atom is 0.231 e. The molecule has 2 saturated heterocycles. The molecule has 1 aromatic carbocycles. The monoisotopic (exact) mass is 421 g/mol. The SMILES string of the molecule is CC(CN)CS(=O)(=O)N1CCC[C@@H]2CN3CCc4cc5c(cc4[C@@H]3C[C@@H]21)OCO5. The summed E-state index contributed by atoms with van der Waals surface area (Å²) in [4.78, 5) is 2.56. The maximum atomic E-state index is 13.2. The number of ether oxygens (including phenoxy) is 2. The summed E-state index contributed by atoms with van der Waals surface area (Å²) in [6.45, 7) is 5.24. The van der Waals surface area contributed by atoms with Crippen LogP contribution in [0, 0.1) is 11.8 Å². The molecule has 0 aliphatic carbocycles. The Balaban J connectivity index is 1.44. The summed E-state index contributed by atoms with van der Waals surface area (Å²) >= 11 is 0. The molecule has 29 heavy (non-hydrogen) atoms. The van der Waals surface area contributed by atoms with E-state index in [0.29, 0.717) is 19.0 Å². The number of piperidine rings is 2. The van der Waals surface area contributed by atoms with Gasteiger partial charge < -0.3 is 15.2 Å². The molecule has 0 aromatic heterocycles. The number of nitrogens with two attached hydrogens (primary N) is 1. The first-order valence-corrected chi connectivity index (χ1v) is 12.4. The number of benzene rings is 1. The first-order chi connectivity index (χ1) is 14.0. The van der Waals surface area contributed by atoms with Gasteiger partial charge in [0.15, 0.2) is 11.5 Å². The van der Waals surface area contributed by atoms with Crippen molar-refractivity contribution in [2.45, 2.75) is 44.7 Å². The fourth-order valence-electron chi connectivity index (χ4n) is 5.66. The molecule has 0 bridgehead atoms. The van der Waals surface area contributed by atoms with Gasteiger partial charge in [-0.25, -0.2) is 8.42 Å². The summed E-state index contributed by atoms with van der Waals surface area (Å²) in [5, 5.41) is 0. The molecule has 4 aliphatic heterocycles. The van der Waals surface area contributed by atoms with E-state index in [1.54, 1.807) is 0 Å². The number of fused-ring (bicyclic) bond motifs is 5. The Morgan fingerprint density at radius 3 is 2.83 bits per heavy atom. The number of rotatable bonds is 4. The van der Waals surface area contributed by atoms with E-state index in [9.17, 15) is 8.42 Å². The van der Waals surface area contributed by atoms with Crippen LogP contribution in [0.4, 0.5) is 0 Å². The minimum Gasteiger partial charge on any atom is -0.454 e. The van der Waals surface area contributed by atoms with Crippen molar-refractivity contribution in [3.8, 4) is 11.5 Å². The van der Waals surface area contributed by atoms with Crippen molar-refractivity contribution in [3.63, 3.8) is 0 Å². The van der Waals surface area contributed by atoms with Crippen LogP contribution in [0.3, 0.4) is 0 Å². The van der Waals surface area contributed by atoms with Crippen molar-refractivity contribution >= 4 is 10.0 Å². The number of hydrogen-bond donors (Lipinski definition) is 1. The van der Waals surface area contributed by atoms with Crippen LogP contribution in [0.25, 0.3) is 0 Å². The molecule has 7 nitrogen and oxygen atoms in total. The third-order valence-electron chi connectivity index (χ3n) is 7.16. The smallest absolute Gasteiger partial charge is 0.231 e. The molecule has 160 valence electrons. The normalized spacial score (nSPS) is 30.3. The molecular weight excluding hydrogens is 390 g/mol. The number of hydrogen-bond acceptors (Lipinski definition) is 6. The molecule has 4 aliphatic rings. The highest BCUT2D eigenvalue weighted by atomic mass is 32.2. The van der Waals surface area contributed by atoms with E-state index in [-0.39, 0.29) is 30.5 Å². The largest absolute Gasteiger partial charge is 0.454 e. The van der Waals surface area contributed by atoms with Crippen molar-refractivity contribution < 1.29 is 17.9 Å². The Morgan fingerprint density at radius 1 is 1.24 bits per heavy atom. The average Bonchev–Trinajstić information content (AvgIpc) is 3.17. The van der Waals surface area contributed by atoms with Gasteiger partial charge in [-0.15, -0.1) is 0 Å². The Labute approximate surface area is 173 Å². The lowest BCUT2D eigenvalue weighted by Gasteiger charge is -2.51. The second-order valence-electron chi connectivity index (χ2n) is 9.10. The van der Waals surface area contributed by atoms with Gasteiger partial charge in [-0.1, -0.05) is 6.92 Å².